The number of carbonyl (C=O) groups is 1. The Morgan fingerprint density at radius 3 is 1.67 bits per heavy atom. The quantitative estimate of drug-likeness (QED) is 0.108. The number of hydrogen-bond donors (Lipinski definition) is 12. The van der Waals surface area contributed by atoms with Crippen molar-refractivity contribution in [2.24, 2.45) is 0 Å². The van der Waals surface area contributed by atoms with E-state index in [0.29, 0.717) is 0 Å². The van der Waals surface area contributed by atoms with Gasteiger partial charge in [-0.3, -0.25) is 4.79 Å². The Morgan fingerprint density at radius 1 is 0.565 bits per heavy atom. The summed E-state index contributed by atoms with van der Waals surface area (Å²) in [5.41, 5.74) is 0. The molecule has 1 amide bonds. The second-order valence-corrected chi connectivity index (χ2v) is 11.8. The summed E-state index contributed by atoms with van der Waals surface area (Å²) in [5, 5.41) is 117. The highest BCUT2D eigenvalue weighted by molar-refractivity contribution is 5.73. The van der Waals surface area contributed by atoms with Gasteiger partial charge in [0.2, 0.25) is 5.91 Å². The maximum atomic E-state index is 12.0. The maximum Gasteiger partial charge on any atom is 0.217 e. The first-order valence-corrected chi connectivity index (χ1v) is 14.8. The Morgan fingerprint density at radius 2 is 1.09 bits per heavy atom. The van der Waals surface area contributed by atoms with Crippen LogP contribution >= 0.6 is 0 Å². The lowest BCUT2D eigenvalue weighted by Gasteiger charge is -2.50. The molecular weight excluding hydrogens is 630 g/mol. The van der Waals surface area contributed by atoms with Crippen molar-refractivity contribution in [2.75, 3.05) is 13.2 Å². The van der Waals surface area contributed by atoms with Crippen molar-refractivity contribution in [3.63, 3.8) is 0 Å². The summed E-state index contributed by atoms with van der Waals surface area (Å²) in [4.78, 5) is 12.0. The van der Waals surface area contributed by atoms with Gasteiger partial charge in [0.1, 0.15) is 85.4 Å². The number of rotatable bonds is 9. The molecule has 268 valence electrons. The van der Waals surface area contributed by atoms with Crippen molar-refractivity contribution in [1.82, 2.24) is 5.32 Å². The third kappa shape index (κ3) is 7.64. The number of ether oxygens (including phenoxy) is 7. The lowest BCUT2D eigenvalue weighted by Crippen LogP contribution is -2.69. The van der Waals surface area contributed by atoms with Crippen LogP contribution in [0.5, 0.6) is 0 Å². The zero-order valence-electron chi connectivity index (χ0n) is 25.1. The van der Waals surface area contributed by atoms with E-state index < -0.39 is 142 Å². The van der Waals surface area contributed by atoms with Gasteiger partial charge in [0, 0.05) is 6.92 Å². The average Bonchev–Trinajstić information content (AvgIpc) is 3.01. The molecule has 0 radical (unpaired) electrons. The summed E-state index contributed by atoms with van der Waals surface area (Å²) in [6.45, 7) is 2.22. The molecule has 4 fully saturated rings. The number of hydrogen-bond acceptors (Lipinski definition) is 19. The molecule has 12 N–H and O–H groups in total. The Labute approximate surface area is 262 Å². The van der Waals surface area contributed by atoms with E-state index in [-0.39, 0.29) is 0 Å². The van der Waals surface area contributed by atoms with Crippen molar-refractivity contribution >= 4 is 5.91 Å². The van der Waals surface area contributed by atoms with Crippen LogP contribution in [0.15, 0.2) is 0 Å². The van der Waals surface area contributed by atoms with Gasteiger partial charge in [-0.1, -0.05) is 0 Å². The molecule has 4 rings (SSSR count). The van der Waals surface area contributed by atoms with Crippen LogP contribution in [-0.4, -0.2) is 198 Å². The van der Waals surface area contributed by atoms with Gasteiger partial charge in [0.15, 0.2) is 25.2 Å². The number of nitrogens with one attached hydrogen (secondary N) is 1. The predicted octanol–water partition coefficient (Wildman–Crippen LogP) is -7.55. The molecule has 0 saturated carbocycles. The lowest BCUT2D eigenvalue weighted by molar-refractivity contribution is -0.400. The van der Waals surface area contributed by atoms with Crippen molar-refractivity contribution in [2.45, 2.75) is 144 Å². The zero-order chi connectivity index (χ0) is 34.2. The van der Waals surface area contributed by atoms with Gasteiger partial charge in [-0.05, 0) is 13.8 Å². The molecule has 0 aromatic rings. The highest BCUT2D eigenvalue weighted by atomic mass is 16.8. The van der Waals surface area contributed by atoms with Gasteiger partial charge in [0.05, 0.1) is 25.4 Å². The van der Waals surface area contributed by atoms with Gasteiger partial charge in [-0.25, -0.2) is 0 Å². The number of amides is 1. The van der Waals surface area contributed by atoms with Crippen molar-refractivity contribution in [3.05, 3.63) is 0 Å². The van der Waals surface area contributed by atoms with E-state index in [0.717, 1.165) is 6.92 Å². The third-order valence-corrected chi connectivity index (χ3v) is 8.53. The highest BCUT2D eigenvalue weighted by Crippen LogP contribution is 2.35. The van der Waals surface area contributed by atoms with Crippen LogP contribution in [0.1, 0.15) is 20.8 Å². The second-order valence-electron chi connectivity index (χ2n) is 11.8. The van der Waals surface area contributed by atoms with Crippen molar-refractivity contribution in [3.8, 4) is 0 Å². The van der Waals surface area contributed by atoms with Crippen molar-refractivity contribution < 1.29 is 94.1 Å². The molecule has 46 heavy (non-hydrogen) atoms. The molecule has 0 spiro atoms. The second kappa shape index (κ2) is 15.5. The van der Waals surface area contributed by atoms with Gasteiger partial charge < -0.3 is 94.6 Å². The van der Waals surface area contributed by atoms with E-state index in [2.05, 4.69) is 5.32 Å². The summed E-state index contributed by atoms with van der Waals surface area (Å²) in [7, 11) is 0. The predicted molar refractivity (Wildman–Crippen MR) is 143 cm³/mol. The molecule has 4 aliphatic heterocycles. The topological polar surface area (TPSA) is 316 Å². The number of carbonyl (C=O) groups excluding carboxylic acids is 1. The molecule has 0 bridgehead atoms. The van der Waals surface area contributed by atoms with E-state index in [1.54, 1.807) is 0 Å². The minimum Gasteiger partial charge on any atom is -0.394 e. The van der Waals surface area contributed by atoms with Crippen LogP contribution < -0.4 is 5.32 Å². The Bertz CT molecular complexity index is 995. The largest absolute Gasteiger partial charge is 0.394 e. The molecule has 20 nitrogen and oxygen atoms in total. The monoisotopic (exact) mass is 675 g/mol. The van der Waals surface area contributed by atoms with E-state index in [9.17, 15) is 61.0 Å². The lowest BCUT2D eigenvalue weighted by atomic mass is 9.95. The highest BCUT2D eigenvalue weighted by Gasteiger charge is 2.56. The van der Waals surface area contributed by atoms with Crippen LogP contribution in [0.2, 0.25) is 0 Å². The first kappa shape index (κ1) is 37.6. The SMILES string of the molecule is CC(=O)N[C@@H]1C(O)[C@@H](O)C(CO)O[C@H]1OC1[C@H](OC2[C@H](O)OC(C)[C@H](O)[C@H]2O)OC(C)[C@H](O)[C@H]1O[C@H]1O[C@H](CO)[C@@H](O)C(O)C1O. The van der Waals surface area contributed by atoms with Crippen LogP contribution in [0.25, 0.3) is 0 Å². The van der Waals surface area contributed by atoms with Gasteiger partial charge >= 0.3 is 0 Å². The Hall–Kier alpha value is -1.25. The molecular formula is C26H45NO19. The van der Waals surface area contributed by atoms with Crippen LogP contribution in [-0.2, 0) is 38.0 Å². The summed E-state index contributed by atoms with van der Waals surface area (Å²) in [6.07, 6.45) is -31.4. The fraction of sp³-hybridized carbons (Fsp3) is 0.962. The first-order chi connectivity index (χ1) is 21.6. The molecule has 8 unspecified atom stereocenters. The summed E-state index contributed by atoms with van der Waals surface area (Å²) >= 11 is 0. The van der Waals surface area contributed by atoms with Gasteiger partial charge in [0.25, 0.3) is 0 Å². The fourth-order valence-electron chi connectivity index (χ4n) is 5.79. The minimum atomic E-state index is -1.94. The summed E-state index contributed by atoms with van der Waals surface area (Å²) in [5.74, 6) is -0.694. The maximum absolute atomic E-state index is 12.0. The van der Waals surface area contributed by atoms with E-state index >= 15 is 0 Å². The Balaban J connectivity index is 1.71. The van der Waals surface area contributed by atoms with Gasteiger partial charge in [-0.2, -0.15) is 0 Å². The molecule has 20 atom stereocenters. The van der Waals surface area contributed by atoms with E-state index in [1.807, 2.05) is 0 Å². The summed E-state index contributed by atoms with van der Waals surface area (Å²) < 4.78 is 39.8. The molecule has 4 heterocycles. The average molecular weight is 676 g/mol. The number of aliphatic hydroxyl groups excluding tert-OH is 11. The fourth-order valence-corrected chi connectivity index (χ4v) is 5.79. The molecule has 20 heteroatoms. The summed E-state index contributed by atoms with van der Waals surface area (Å²) in [6, 6.07) is -1.52. The molecule has 0 aromatic heterocycles. The third-order valence-electron chi connectivity index (χ3n) is 8.53. The molecule has 4 aliphatic rings. The zero-order valence-corrected chi connectivity index (χ0v) is 25.1. The molecule has 0 aromatic carbocycles. The molecule has 0 aliphatic carbocycles. The smallest absolute Gasteiger partial charge is 0.217 e. The van der Waals surface area contributed by atoms with Crippen LogP contribution in [0, 0.1) is 0 Å². The normalized spacial score (nSPS) is 51.9. The Kier molecular flexibility index (Phi) is 12.7. The van der Waals surface area contributed by atoms with Gasteiger partial charge in [-0.15, -0.1) is 0 Å². The van der Waals surface area contributed by atoms with E-state index in [4.69, 9.17) is 33.2 Å². The van der Waals surface area contributed by atoms with E-state index in [1.165, 1.54) is 13.8 Å². The minimum absolute atomic E-state index is 0.694. The first-order valence-electron chi connectivity index (χ1n) is 14.8. The standard InChI is InChI=1S/C26H45NO19/c1-6-12(31)18(37)21(23(39)40-6)45-26-22(46-24-11(27-8(3)30)16(35)14(33)9(4-28)42-24)20(13(32)7(2)41-26)44-25-19(38)17(36)15(34)10(5-29)43-25/h6-7,9-26,28-29,31-39H,4-5H2,1-3H3,(H,27,30)/t6?,7?,9?,10-,11-,12+,13+,14+,15-,16?,17?,18-,19?,20-,21?,22?,23-,24+,25-,26+/m1/s1. The van der Waals surface area contributed by atoms with Crippen LogP contribution in [0.4, 0.5) is 0 Å². The van der Waals surface area contributed by atoms with Crippen LogP contribution in [0.3, 0.4) is 0 Å². The number of aliphatic hydroxyl groups is 11. The van der Waals surface area contributed by atoms with Crippen molar-refractivity contribution in [1.29, 1.82) is 0 Å². The molecule has 4 saturated heterocycles.